The number of nitrogens with zero attached hydrogens (tertiary/aromatic N) is 1. The van der Waals surface area contributed by atoms with E-state index in [1.54, 1.807) is 0 Å². The van der Waals surface area contributed by atoms with Gasteiger partial charge in [-0.05, 0) is 130 Å². The van der Waals surface area contributed by atoms with Crippen molar-refractivity contribution in [3.8, 4) is 0 Å². The average molecular weight is 526 g/mol. The first-order valence-corrected chi connectivity index (χ1v) is 15.9. The minimum absolute atomic E-state index is 0.0266. The molecular formula is C34H55NO3. The van der Waals surface area contributed by atoms with Gasteiger partial charge in [-0.25, -0.2) is 0 Å². The lowest BCUT2D eigenvalue weighted by Crippen LogP contribution is -2.70. The number of allylic oxidation sites excluding steroid dienone is 1. The van der Waals surface area contributed by atoms with Gasteiger partial charge in [0, 0.05) is 18.5 Å². The van der Waals surface area contributed by atoms with Crippen LogP contribution >= 0.6 is 0 Å². The summed E-state index contributed by atoms with van der Waals surface area (Å²) in [6.45, 7) is 22.6. The molecule has 4 saturated carbocycles. The fourth-order valence-corrected chi connectivity index (χ4v) is 12.4. The summed E-state index contributed by atoms with van der Waals surface area (Å²) >= 11 is 0. The normalized spacial score (nSPS) is 47.3. The van der Waals surface area contributed by atoms with E-state index in [1.807, 2.05) is 0 Å². The van der Waals surface area contributed by atoms with Crippen molar-refractivity contribution in [2.45, 2.75) is 131 Å². The lowest BCUT2D eigenvalue weighted by Gasteiger charge is -2.73. The number of carboxylic acid groups (broad SMARTS) is 1. The van der Waals surface area contributed by atoms with Crippen LogP contribution < -0.4 is 0 Å². The minimum atomic E-state index is -0.882. The largest absolute Gasteiger partial charge is 0.481 e. The molecule has 0 radical (unpaired) electrons. The third-order valence-electron chi connectivity index (χ3n) is 14.5. The molecule has 0 bridgehead atoms. The zero-order valence-corrected chi connectivity index (χ0v) is 25.5. The number of amides is 1. The highest BCUT2D eigenvalue weighted by Gasteiger charge is 2.70. The average Bonchev–Trinajstić information content (AvgIpc) is 3.23. The number of rotatable bonds is 5. The molecule has 0 aromatic rings. The van der Waals surface area contributed by atoms with Gasteiger partial charge in [-0.3, -0.25) is 9.59 Å². The molecule has 4 aliphatic carbocycles. The van der Waals surface area contributed by atoms with Crippen molar-refractivity contribution in [2.24, 2.45) is 51.2 Å². The van der Waals surface area contributed by atoms with E-state index in [1.165, 1.54) is 63.4 Å². The maximum Gasteiger partial charge on any atom is 0.303 e. The predicted molar refractivity (Wildman–Crippen MR) is 154 cm³/mol. The first-order chi connectivity index (χ1) is 17.7. The Morgan fingerprint density at radius 3 is 2.21 bits per heavy atom. The highest BCUT2D eigenvalue weighted by molar-refractivity contribution is 5.81. The first kappa shape index (κ1) is 28.2. The number of piperidine rings is 1. The standard InChI is InChI=1S/C34H55NO3/c1-9-34-17-14-23(22(2)3)29(34)24-10-11-26-31(6)20-21-35(27(36)12-13-28(37)38)30(4,5)25(31)15-16-33(26,8)32(24,7)18-19-34/h23-26,29H,2,9-21H2,1,3-8H3,(H,37,38)/t23-,24+,25?,26+,29+,31-,32+,33+,34+/m0/s1. The molecule has 1 amide bonds. The molecule has 5 aliphatic rings. The lowest BCUT2D eigenvalue weighted by atomic mass is 9.33. The molecule has 1 aliphatic heterocycles. The van der Waals surface area contributed by atoms with Crippen molar-refractivity contribution in [1.82, 2.24) is 4.90 Å². The molecular weight excluding hydrogens is 470 g/mol. The van der Waals surface area contributed by atoms with Crippen molar-refractivity contribution in [3.05, 3.63) is 12.2 Å². The summed E-state index contributed by atoms with van der Waals surface area (Å²) in [4.78, 5) is 26.4. The smallest absolute Gasteiger partial charge is 0.303 e. The lowest BCUT2D eigenvalue weighted by molar-refractivity contribution is -0.241. The third-order valence-corrected chi connectivity index (χ3v) is 14.5. The number of carbonyl (C=O) groups is 2. The van der Waals surface area contributed by atoms with Gasteiger partial charge in [-0.1, -0.05) is 46.3 Å². The van der Waals surface area contributed by atoms with Crippen molar-refractivity contribution in [3.63, 3.8) is 0 Å². The number of aliphatic carboxylic acids is 1. The molecule has 4 nitrogen and oxygen atoms in total. The number of carboxylic acids is 1. The summed E-state index contributed by atoms with van der Waals surface area (Å²) in [6.07, 6.45) is 13.1. The molecule has 214 valence electrons. The summed E-state index contributed by atoms with van der Waals surface area (Å²) in [5.41, 5.74) is 2.64. The number of likely N-dealkylation sites (tertiary alicyclic amines) is 1. The quantitative estimate of drug-likeness (QED) is 0.369. The highest BCUT2D eigenvalue weighted by Crippen LogP contribution is 2.77. The maximum atomic E-state index is 13.2. The van der Waals surface area contributed by atoms with Crippen molar-refractivity contribution >= 4 is 11.9 Å². The summed E-state index contributed by atoms with van der Waals surface area (Å²) in [6, 6.07) is 0. The van der Waals surface area contributed by atoms with Gasteiger partial charge < -0.3 is 10.0 Å². The molecule has 0 aromatic carbocycles. The van der Waals surface area contributed by atoms with E-state index in [9.17, 15) is 9.59 Å². The Kier molecular flexibility index (Phi) is 6.76. The second-order valence-corrected chi connectivity index (χ2v) is 15.7. The van der Waals surface area contributed by atoms with Gasteiger partial charge in [-0.15, -0.1) is 0 Å². The summed E-state index contributed by atoms with van der Waals surface area (Å²) in [5.74, 6) is 2.59. The topological polar surface area (TPSA) is 57.6 Å². The Morgan fingerprint density at radius 1 is 0.868 bits per heavy atom. The molecule has 38 heavy (non-hydrogen) atoms. The zero-order chi connectivity index (χ0) is 27.9. The summed E-state index contributed by atoms with van der Waals surface area (Å²) in [7, 11) is 0. The fraction of sp³-hybridized carbons (Fsp3) is 0.882. The van der Waals surface area contributed by atoms with Gasteiger partial charge in [0.2, 0.25) is 5.91 Å². The highest BCUT2D eigenvalue weighted by atomic mass is 16.4. The van der Waals surface area contributed by atoms with Gasteiger partial charge in [0.05, 0.1) is 6.42 Å². The van der Waals surface area contributed by atoms with Gasteiger partial charge in [-0.2, -0.15) is 0 Å². The molecule has 5 rings (SSSR count). The number of hydrogen-bond acceptors (Lipinski definition) is 2. The second kappa shape index (κ2) is 9.10. The predicted octanol–water partition coefficient (Wildman–Crippen LogP) is 8.11. The molecule has 5 fully saturated rings. The zero-order valence-electron chi connectivity index (χ0n) is 25.5. The van der Waals surface area contributed by atoms with Crippen LogP contribution in [0.5, 0.6) is 0 Å². The van der Waals surface area contributed by atoms with Gasteiger partial charge >= 0.3 is 5.97 Å². The van der Waals surface area contributed by atoms with Crippen molar-refractivity contribution in [1.29, 1.82) is 0 Å². The van der Waals surface area contributed by atoms with E-state index < -0.39 is 5.97 Å². The SMILES string of the molecule is C=C(C)[C@@H]1CC[C@]2(CC)CC[C@]3(C)[C@H](CC[C@@H]4[C@@]5(C)CCN(C(=O)CCC(=O)O)C(C)(C)C5CC[C@]43C)[C@@H]12. The van der Waals surface area contributed by atoms with Crippen LogP contribution in [0.25, 0.3) is 0 Å². The molecule has 1 saturated heterocycles. The van der Waals surface area contributed by atoms with Crippen LogP contribution in [0.2, 0.25) is 0 Å². The first-order valence-electron chi connectivity index (χ1n) is 15.9. The van der Waals surface area contributed by atoms with Crippen LogP contribution in [0.3, 0.4) is 0 Å². The molecule has 1 N–H and O–H groups in total. The molecule has 0 spiro atoms. The van der Waals surface area contributed by atoms with E-state index >= 15 is 0 Å². The molecule has 4 heteroatoms. The Morgan fingerprint density at radius 2 is 1.58 bits per heavy atom. The third kappa shape index (κ3) is 3.66. The monoisotopic (exact) mass is 525 g/mol. The molecule has 0 aromatic heterocycles. The number of hydrogen-bond donors (Lipinski definition) is 1. The molecule has 9 atom stereocenters. The fourth-order valence-electron chi connectivity index (χ4n) is 12.4. The van der Waals surface area contributed by atoms with Crippen LogP contribution in [-0.4, -0.2) is 34.0 Å². The van der Waals surface area contributed by atoms with E-state index in [0.717, 1.165) is 24.8 Å². The molecule has 1 unspecified atom stereocenters. The number of fused-ring (bicyclic) bond motifs is 7. The van der Waals surface area contributed by atoms with Gasteiger partial charge in [0.15, 0.2) is 0 Å². The van der Waals surface area contributed by atoms with Crippen LogP contribution in [0, 0.1) is 51.2 Å². The van der Waals surface area contributed by atoms with E-state index in [2.05, 4.69) is 59.9 Å². The Hall–Kier alpha value is -1.32. The van der Waals surface area contributed by atoms with Crippen LogP contribution in [0.4, 0.5) is 0 Å². The summed E-state index contributed by atoms with van der Waals surface area (Å²) < 4.78 is 0. The Bertz CT molecular complexity index is 1000. The van der Waals surface area contributed by atoms with Crippen LogP contribution in [-0.2, 0) is 9.59 Å². The maximum absolute atomic E-state index is 13.2. The van der Waals surface area contributed by atoms with Crippen molar-refractivity contribution in [2.75, 3.05) is 6.54 Å². The molecule has 1 heterocycles. The van der Waals surface area contributed by atoms with E-state index in [0.29, 0.717) is 34.0 Å². The van der Waals surface area contributed by atoms with Crippen LogP contribution in [0.15, 0.2) is 12.2 Å². The van der Waals surface area contributed by atoms with E-state index in [4.69, 9.17) is 5.11 Å². The Labute approximate surface area is 232 Å². The van der Waals surface area contributed by atoms with E-state index in [-0.39, 0.29) is 29.7 Å². The van der Waals surface area contributed by atoms with Crippen molar-refractivity contribution < 1.29 is 14.7 Å². The Balaban J connectivity index is 1.46. The second-order valence-electron chi connectivity index (χ2n) is 15.7. The summed E-state index contributed by atoms with van der Waals surface area (Å²) in [5, 5.41) is 9.16. The number of carbonyl (C=O) groups excluding carboxylic acids is 1. The van der Waals surface area contributed by atoms with Gasteiger partial charge in [0.25, 0.3) is 0 Å². The minimum Gasteiger partial charge on any atom is -0.481 e. The van der Waals surface area contributed by atoms with Gasteiger partial charge in [0.1, 0.15) is 0 Å². The van der Waals surface area contributed by atoms with Crippen LogP contribution in [0.1, 0.15) is 126 Å².